The van der Waals surface area contributed by atoms with Gasteiger partial charge in [0, 0.05) is 12.2 Å². The van der Waals surface area contributed by atoms with Crippen molar-refractivity contribution in [2.24, 2.45) is 0 Å². The second kappa shape index (κ2) is 7.24. The maximum atomic E-state index is 10.0. The van der Waals surface area contributed by atoms with Gasteiger partial charge in [-0.15, -0.1) is 0 Å². The SMILES string of the molecule is C[SiH](O)C(C)(C)CC1=C(NC(O)OC(C)(C)C)CNCC1. The number of rotatable bonds is 6. The molecule has 0 spiro atoms. The van der Waals surface area contributed by atoms with Crippen molar-refractivity contribution in [1.82, 2.24) is 10.6 Å². The Bertz CT molecular complexity index is 376. The third-order valence-corrected chi connectivity index (χ3v) is 6.36. The minimum Gasteiger partial charge on any atom is -0.434 e. The van der Waals surface area contributed by atoms with Crippen molar-refractivity contribution < 1.29 is 14.6 Å². The molecule has 124 valence electrons. The third kappa shape index (κ3) is 6.48. The fraction of sp³-hybridized carbons (Fsp3) is 0.867. The van der Waals surface area contributed by atoms with Crippen LogP contribution in [-0.2, 0) is 4.74 Å². The molecular formula is C15H32N2O3Si. The fourth-order valence-corrected chi connectivity index (χ4v) is 2.83. The van der Waals surface area contributed by atoms with Gasteiger partial charge in [-0.1, -0.05) is 13.8 Å². The summed E-state index contributed by atoms with van der Waals surface area (Å²) in [5, 5.41) is 16.4. The summed E-state index contributed by atoms with van der Waals surface area (Å²) in [6, 6.07) is 0. The van der Waals surface area contributed by atoms with Gasteiger partial charge in [-0.3, -0.25) is 0 Å². The molecule has 0 fully saturated rings. The molecule has 0 saturated heterocycles. The summed E-state index contributed by atoms with van der Waals surface area (Å²) in [4.78, 5) is 10.0. The zero-order valence-electron chi connectivity index (χ0n) is 14.3. The number of aliphatic hydroxyl groups is 1. The van der Waals surface area contributed by atoms with Crippen molar-refractivity contribution >= 4 is 9.04 Å². The maximum absolute atomic E-state index is 10.0. The molecule has 1 aliphatic rings. The Morgan fingerprint density at radius 2 is 1.95 bits per heavy atom. The number of nitrogens with one attached hydrogen (secondary N) is 2. The molecule has 0 aromatic carbocycles. The van der Waals surface area contributed by atoms with Crippen LogP contribution in [0.15, 0.2) is 11.3 Å². The quantitative estimate of drug-likeness (QED) is 0.441. The summed E-state index contributed by atoms with van der Waals surface area (Å²) in [6.07, 6.45) is 0.792. The second-order valence-corrected chi connectivity index (χ2v) is 10.5. The zero-order valence-corrected chi connectivity index (χ0v) is 15.4. The van der Waals surface area contributed by atoms with Crippen LogP contribution in [0.5, 0.6) is 0 Å². The Hall–Kier alpha value is -0.403. The van der Waals surface area contributed by atoms with Gasteiger partial charge in [0.25, 0.3) is 0 Å². The molecule has 21 heavy (non-hydrogen) atoms. The van der Waals surface area contributed by atoms with E-state index in [-0.39, 0.29) is 5.04 Å². The highest BCUT2D eigenvalue weighted by molar-refractivity contribution is 6.52. The van der Waals surface area contributed by atoms with Crippen LogP contribution >= 0.6 is 0 Å². The van der Waals surface area contributed by atoms with Crippen LogP contribution in [0.25, 0.3) is 0 Å². The topological polar surface area (TPSA) is 73.8 Å². The molecule has 5 nitrogen and oxygen atoms in total. The molecule has 0 saturated carbocycles. The van der Waals surface area contributed by atoms with E-state index in [0.29, 0.717) is 6.54 Å². The van der Waals surface area contributed by atoms with Crippen molar-refractivity contribution in [3.8, 4) is 0 Å². The number of aliphatic hydroxyl groups excluding tert-OH is 1. The van der Waals surface area contributed by atoms with E-state index >= 15 is 0 Å². The average molecular weight is 317 g/mol. The predicted molar refractivity (Wildman–Crippen MR) is 88.4 cm³/mol. The van der Waals surface area contributed by atoms with Crippen LogP contribution in [0.3, 0.4) is 0 Å². The molecule has 0 aliphatic carbocycles. The Morgan fingerprint density at radius 3 is 2.48 bits per heavy atom. The van der Waals surface area contributed by atoms with Crippen molar-refractivity contribution in [2.45, 2.75) is 71.1 Å². The smallest absolute Gasteiger partial charge is 0.235 e. The van der Waals surface area contributed by atoms with E-state index in [4.69, 9.17) is 4.74 Å². The Balaban J connectivity index is 2.78. The van der Waals surface area contributed by atoms with Crippen LogP contribution in [0.2, 0.25) is 11.6 Å². The van der Waals surface area contributed by atoms with Gasteiger partial charge < -0.3 is 25.3 Å². The summed E-state index contributed by atoms with van der Waals surface area (Å²) < 4.78 is 5.51. The molecule has 0 amide bonds. The number of ether oxygens (including phenoxy) is 1. The standard InChI is InChI=1S/C15H32N2O3Si/c1-14(2,3)20-13(18)17-12-10-16-8-7-11(12)9-15(4,5)21(6)19/h13,16-19,21H,7-10H2,1-6H3. The third-order valence-electron chi connectivity index (χ3n) is 3.89. The Kier molecular flexibility index (Phi) is 6.43. The van der Waals surface area contributed by atoms with E-state index < -0.39 is 21.1 Å². The first-order valence-corrected chi connectivity index (χ1v) is 9.98. The average Bonchev–Trinajstić information content (AvgIpc) is 2.28. The molecule has 0 aromatic rings. The lowest BCUT2D eigenvalue weighted by Crippen LogP contribution is -2.42. The van der Waals surface area contributed by atoms with E-state index in [2.05, 4.69) is 24.5 Å². The summed E-state index contributed by atoms with van der Waals surface area (Å²) in [6.45, 7) is 13.6. The summed E-state index contributed by atoms with van der Waals surface area (Å²) in [5.41, 5.74) is 1.88. The summed E-state index contributed by atoms with van der Waals surface area (Å²) >= 11 is 0. The highest BCUT2D eigenvalue weighted by atomic mass is 28.3. The molecule has 0 bridgehead atoms. The van der Waals surface area contributed by atoms with E-state index in [9.17, 15) is 9.90 Å². The summed E-state index contributed by atoms with van der Waals surface area (Å²) in [7, 11) is -1.72. The van der Waals surface area contributed by atoms with Gasteiger partial charge in [-0.25, -0.2) is 0 Å². The summed E-state index contributed by atoms with van der Waals surface area (Å²) in [5.74, 6) is 0. The van der Waals surface area contributed by atoms with Crippen molar-refractivity contribution in [1.29, 1.82) is 0 Å². The Morgan fingerprint density at radius 1 is 1.33 bits per heavy atom. The predicted octanol–water partition coefficient (Wildman–Crippen LogP) is 1.43. The van der Waals surface area contributed by atoms with Gasteiger partial charge in [0.1, 0.15) is 0 Å². The second-order valence-electron chi connectivity index (χ2n) is 7.58. The van der Waals surface area contributed by atoms with Crippen LogP contribution in [0, 0.1) is 0 Å². The van der Waals surface area contributed by atoms with Crippen LogP contribution in [-0.4, -0.2) is 44.0 Å². The lowest BCUT2D eigenvalue weighted by molar-refractivity contribution is -0.177. The largest absolute Gasteiger partial charge is 0.434 e. The highest BCUT2D eigenvalue weighted by Gasteiger charge is 2.29. The lowest BCUT2D eigenvalue weighted by atomic mass is 9.95. The van der Waals surface area contributed by atoms with Gasteiger partial charge in [0.15, 0.2) is 9.04 Å². The molecule has 4 N–H and O–H groups in total. The zero-order chi connectivity index (χ0) is 16.3. The van der Waals surface area contributed by atoms with E-state index in [1.165, 1.54) is 5.57 Å². The van der Waals surface area contributed by atoms with Gasteiger partial charge in [-0.05, 0) is 57.3 Å². The van der Waals surface area contributed by atoms with Gasteiger partial charge in [0.2, 0.25) is 6.41 Å². The van der Waals surface area contributed by atoms with Crippen LogP contribution < -0.4 is 10.6 Å². The normalized spacial score (nSPS) is 20.4. The molecule has 2 atom stereocenters. The molecule has 6 heteroatoms. The molecule has 0 radical (unpaired) electrons. The number of hydrogen-bond donors (Lipinski definition) is 4. The van der Waals surface area contributed by atoms with E-state index in [0.717, 1.165) is 25.1 Å². The molecule has 1 heterocycles. The molecule has 1 aliphatic heterocycles. The van der Waals surface area contributed by atoms with Crippen molar-refractivity contribution in [3.05, 3.63) is 11.3 Å². The molecular weight excluding hydrogens is 284 g/mol. The lowest BCUT2D eigenvalue weighted by Gasteiger charge is -2.33. The fourth-order valence-electron chi connectivity index (χ4n) is 2.29. The minimum absolute atomic E-state index is 0.0462. The maximum Gasteiger partial charge on any atom is 0.235 e. The van der Waals surface area contributed by atoms with Crippen molar-refractivity contribution in [2.75, 3.05) is 13.1 Å². The molecule has 0 aromatic heterocycles. The van der Waals surface area contributed by atoms with Crippen LogP contribution in [0.4, 0.5) is 0 Å². The molecule has 1 rings (SSSR count). The minimum atomic E-state index is -1.72. The highest BCUT2D eigenvalue weighted by Crippen LogP contribution is 2.37. The van der Waals surface area contributed by atoms with Crippen LogP contribution in [0.1, 0.15) is 47.5 Å². The molecule has 2 unspecified atom stereocenters. The first-order chi connectivity index (χ1) is 9.51. The Labute approximate surface area is 130 Å². The first-order valence-electron chi connectivity index (χ1n) is 7.73. The monoisotopic (exact) mass is 316 g/mol. The van der Waals surface area contributed by atoms with Gasteiger partial charge in [0.05, 0.1) is 5.60 Å². The first kappa shape index (κ1) is 18.6. The van der Waals surface area contributed by atoms with E-state index in [1.54, 1.807) is 0 Å². The van der Waals surface area contributed by atoms with Crippen molar-refractivity contribution in [3.63, 3.8) is 0 Å². The van der Waals surface area contributed by atoms with E-state index in [1.807, 2.05) is 27.3 Å². The van der Waals surface area contributed by atoms with Gasteiger partial charge >= 0.3 is 0 Å². The number of hydrogen-bond acceptors (Lipinski definition) is 5. The van der Waals surface area contributed by atoms with Gasteiger partial charge in [-0.2, -0.15) is 0 Å².